The van der Waals surface area contributed by atoms with Gasteiger partial charge in [0.25, 0.3) is 5.56 Å². The number of nitrogens with one attached hydrogen (secondary N) is 1. The molecule has 3 nitrogen and oxygen atoms in total. The molecule has 0 amide bonds. The molecule has 0 fully saturated rings. The zero-order chi connectivity index (χ0) is 16.5. The summed E-state index contributed by atoms with van der Waals surface area (Å²) in [5, 5.41) is 0.839. The molecular weight excluding hydrogens is 343 g/mol. The van der Waals surface area contributed by atoms with Gasteiger partial charge in [-0.05, 0) is 35.9 Å². The van der Waals surface area contributed by atoms with E-state index < -0.39 is 0 Å². The maximum absolute atomic E-state index is 13.2. The minimum absolute atomic E-state index is 0.184. The zero-order valence-electron chi connectivity index (χ0n) is 12.3. The van der Waals surface area contributed by atoms with E-state index in [1.54, 1.807) is 29.5 Å². The minimum atomic E-state index is -0.321. The van der Waals surface area contributed by atoms with Crippen LogP contribution in [0.25, 0.3) is 22.4 Å². The summed E-state index contributed by atoms with van der Waals surface area (Å²) in [5.74, 6) is -0.321. The summed E-state index contributed by atoms with van der Waals surface area (Å²) in [5.41, 5.74) is 1.42. The standard InChI is InChI=1S/C18H11FN2OS2/c19-12-5-3-4-11(8-12)9-15-18(22)21-17(24-15)10-16-20-13-6-1-2-7-14(13)23-16/h1-10H,(H,21,22). The van der Waals surface area contributed by atoms with Gasteiger partial charge in [0.1, 0.15) is 10.8 Å². The fraction of sp³-hybridized carbons (Fsp3) is 0. The first-order valence-electron chi connectivity index (χ1n) is 7.21. The molecule has 0 aliphatic carbocycles. The average molecular weight is 354 g/mol. The van der Waals surface area contributed by atoms with Crippen LogP contribution in [0.3, 0.4) is 0 Å². The number of hydrogen-bond donors (Lipinski definition) is 1. The molecule has 2 aromatic carbocycles. The monoisotopic (exact) mass is 354 g/mol. The van der Waals surface area contributed by atoms with E-state index in [9.17, 15) is 9.18 Å². The van der Waals surface area contributed by atoms with Gasteiger partial charge in [0.05, 0.1) is 19.4 Å². The second kappa shape index (κ2) is 6.14. The topological polar surface area (TPSA) is 45.8 Å². The highest BCUT2D eigenvalue weighted by molar-refractivity contribution is 7.19. The molecule has 4 rings (SSSR count). The third kappa shape index (κ3) is 3.06. The molecule has 0 saturated carbocycles. The van der Waals surface area contributed by atoms with Gasteiger partial charge in [0, 0.05) is 6.08 Å². The van der Waals surface area contributed by atoms with Crippen LogP contribution < -0.4 is 14.8 Å². The van der Waals surface area contributed by atoms with E-state index in [4.69, 9.17) is 0 Å². The molecule has 1 N–H and O–H groups in total. The van der Waals surface area contributed by atoms with Gasteiger partial charge in [-0.15, -0.1) is 22.7 Å². The van der Waals surface area contributed by atoms with Crippen molar-refractivity contribution >= 4 is 45.0 Å². The van der Waals surface area contributed by atoms with Gasteiger partial charge in [-0.3, -0.25) is 4.79 Å². The van der Waals surface area contributed by atoms with E-state index in [0.29, 0.717) is 10.1 Å². The number of para-hydroxylation sites is 1. The van der Waals surface area contributed by atoms with Crippen LogP contribution in [0.5, 0.6) is 0 Å². The Balaban J connectivity index is 1.79. The minimum Gasteiger partial charge on any atom is -0.313 e. The van der Waals surface area contributed by atoms with E-state index in [0.717, 1.165) is 19.9 Å². The summed E-state index contributed by atoms with van der Waals surface area (Å²) in [6.07, 6.45) is 3.54. The van der Waals surface area contributed by atoms with Crippen molar-refractivity contribution in [3.8, 4) is 0 Å². The van der Waals surface area contributed by atoms with Crippen LogP contribution in [-0.2, 0) is 0 Å². The van der Waals surface area contributed by atoms with Crippen LogP contribution in [0.1, 0.15) is 10.6 Å². The van der Waals surface area contributed by atoms with E-state index in [1.807, 2.05) is 30.3 Å². The van der Waals surface area contributed by atoms with Gasteiger partial charge < -0.3 is 4.98 Å². The van der Waals surface area contributed by atoms with Gasteiger partial charge in [-0.2, -0.15) is 0 Å². The van der Waals surface area contributed by atoms with Crippen LogP contribution in [0.15, 0.2) is 53.3 Å². The Morgan fingerprint density at radius 3 is 2.75 bits per heavy atom. The van der Waals surface area contributed by atoms with Crippen molar-refractivity contribution in [2.45, 2.75) is 0 Å². The number of halogens is 1. The Bertz CT molecular complexity index is 1170. The second-order valence-corrected chi connectivity index (χ2v) is 7.29. The summed E-state index contributed by atoms with van der Waals surface area (Å²) >= 11 is 2.90. The van der Waals surface area contributed by atoms with Crippen molar-refractivity contribution in [2.75, 3.05) is 0 Å². The van der Waals surface area contributed by atoms with Crippen molar-refractivity contribution in [3.63, 3.8) is 0 Å². The van der Waals surface area contributed by atoms with Gasteiger partial charge in [-0.1, -0.05) is 24.3 Å². The van der Waals surface area contributed by atoms with Crippen molar-refractivity contribution < 1.29 is 4.39 Å². The number of aromatic amines is 1. The third-order valence-electron chi connectivity index (χ3n) is 3.39. The first-order valence-corrected chi connectivity index (χ1v) is 8.84. The highest BCUT2D eigenvalue weighted by Crippen LogP contribution is 2.21. The third-order valence-corrected chi connectivity index (χ3v) is 5.34. The predicted octanol–water partition coefficient (Wildman–Crippen LogP) is 2.84. The molecule has 0 bridgehead atoms. The molecule has 0 aliphatic heterocycles. The lowest BCUT2D eigenvalue weighted by molar-refractivity contribution is 0.627. The molecule has 0 radical (unpaired) electrons. The van der Waals surface area contributed by atoms with Gasteiger partial charge in [0.15, 0.2) is 0 Å². The van der Waals surface area contributed by atoms with Crippen molar-refractivity contribution in [1.29, 1.82) is 0 Å². The number of benzene rings is 2. The fourth-order valence-corrected chi connectivity index (χ4v) is 4.21. The van der Waals surface area contributed by atoms with Gasteiger partial charge >= 0.3 is 0 Å². The molecule has 6 heteroatoms. The Hall–Kier alpha value is -2.57. The van der Waals surface area contributed by atoms with Gasteiger partial charge in [0.2, 0.25) is 0 Å². The first kappa shape index (κ1) is 15.0. The van der Waals surface area contributed by atoms with Gasteiger partial charge in [-0.25, -0.2) is 9.37 Å². The average Bonchev–Trinajstić information content (AvgIpc) is 3.10. The van der Waals surface area contributed by atoms with Crippen molar-refractivity contribution in [1.82, 2.24) is 9.97 Å². The lowest BCUT2D eigenvalue weighted by Gasteiger charge is -1.90. The lowest BCUT2D eigenvalue weighted by atomic mass is 10.2. The van der Waals surface area contributed by atoms with Crippen LogP contribution in [0, 0.1) is 5.82 Å². The summed E-state index contributed by atoms with van der Waals surface area (Å²) < 4.78 is 15.6. The molecule has 2 aromatic heterocycles. The van der Waals surface area contributed by atoms with E-state index in [1.165, 1.54) is 23.5 Å². The van der Waals surface area contributed by atoms with Crippen LogP contribution in [-0.4, -0.2) is 9.97 Å². The molecular formula is C18H11FN2OS2. The molecule has 118 valence electrons. The summed E-state index contributed by atoms with van der Waals surface area (Å²) in [7, 11) is 0. The second-order valence-electron chi connectivity index (χ2n) is 5.15. The summed E-state index contributed by atoms with van der Waals surface area (Å²) in [4.78, 5) is 19.4. The molecule has 2 heterocycles. The lowest BCUT2D eigenvalue weighted by Crippen LogP contribution is -2.19. The molecule has 4 aromatic rings. The quantitative estimate of drug-likeness (QED) is 0.602. The highest BCUT2D eigenvalue weighted by Gasteiger charge is 2.01. The summed E-state index contributed by atoms with van der Waals surface area (Å²) in [6, 6.07) is 14.1. The van der Waals surface area contributed by atoms with Crippen LogP contribution in [0.4, 0.5) is 4.39 Å². The first-order chi connectivity index (χ1) is 11.7. The Kier molecular flexibility index (Phi) is 3.84. The van der Waals surface area contributed by atoms with Crippen LogP contribution >= 0.6 is 22.7 Å². The number of aromatic nitrogens is 2. The molecule has 0 aliphatic rings. The molecule has 0 saturated heterocycles. The normalized spacial score (nSPS) is 13.0. The smallest absolute Gasteiger partial charge is 0.266 e. The number of nitrogens with zero attached hydrogens (tertiary/aromatic N) is 1. The van der Waals surface area contributed by atoms with Crippen molar-refractivity contribution in [2.24, 2.45) is 0 Å². The summed E-state index contributed by atoms with van der Waals surface area (Å²) in [6.45, 7) is 0. The number of thiazole rings is 2. The Morgan fingerprint density at radius 2 is 1.92 bits per heavy atom. The maximum atomic E-state index is 13.2. The zero-order valence-corrected chi connectivity index (χ0v) is 14.0. The molecule has 0 spiro atoms. The molecule has 0 atom stereocenters. The Labute approximate surface area is 144 Å². The molecule has 0 unspecified atom stereocenters. The number of rotatable bonds is 2. The van der Waals surface area contributed by atoms with E-state index >= 15 is 0 Å². The van der Waals surface area contributed by atoms with E-state index in [-0.39, 0.29) is 11.4 Å². The maximum Gasteiger partial charge on any atom is 0.266 e. The van der Waals surface area contributed by atoms with Crippen LogP contribution in [0.2, 0.25) is 0 Å². The molecule has 24 heavy (non-hydrogen) atoms. The number of hydrogen-bond acceptors (Lipinski definition) is 4. The number of fused-ring (bicyclic) bond motifs is 1. The predicted molar refractivity (Wildman–Crippen MR) is 97.3 cm³/mol. The number of H-pyrrole nitrogens is 1. The van der Waals surface area contributed by atoms with E-state index in [2.05, 4.69) is 9.97 Å². The highest BCUT2D eigenvalue weighted by atomic mass is 32.1. The largest absolute Gasteiger partial charge is 0.313 e. The van der Waals surface area contributed by atoms with Crippen molar-refractivity contribution in [3.05, 3.63) is 84.5 Å². The Morgan fingerprint density at radius 1 is 1.04 bits per heavy atom. The fourth-order valence-electron chi connectivity index (χ4n) is 2.34. The SMILES string of the molecule is O=c1[nH]c(=Cc2nc3ccccc3s2)sc1=Cc1cccc(F)c1.